The van der Waals surface area contributed by atoms with Crippen LogP contribution in [0.2, 0.25) is 0 Å². The molecule has 1 saturated carbocycles. The second kappa shape index (κ2) is 5.15. The summed E-state index contributed by atoms with van der Waals surface area (Å²) in [4.78, 5) is 16.3. The Kier molecular flexibility index (Phi) is 3.90. The largest absolute Gasteiger partial charge is 0.465 e. The van der Waals surface area contributed by atoms with E-state index in [-0.39, 0.29) is 10.7 Å². The zero-order chi connectivity index (χ0) is 14.1. The summed E-state index contributed by atoms with van der Waals surface area (Å²) in [6.45, 7) is 8.59. The maximum Gasteiger partial charge on any atom is 0.321 e. The summed E-state index contributed by atoms with van der Waals surface area (Å²) in [6, 6.07) is 0. The summed E-state index contributed by atoms with van der Waals surface area (Å²) in [6.07, 6.45) is 1.47. The summed E-state index contributed by atoms with van der Waals surface area (Å²) in [5.41, 5.74) is -0.659. The zero-order valence-corrected chi connectivity index (χ0v) is 12.7. The number of aromatic nitrogens is 2. The normalized spacial score (nSPS) is 17.3. The second-order valence-corrected chi connectivity index (χ2v) is 7.52. The molecule has 19 heavy (non-hydrogen) atoms. The van der Waals surface area contributed by atoms with Crippen LogP contribution in [0.1, 0.15) is 52.3 Å². The number of thioether (sulfide) groups is 1. The van der Waals surface area contributed by atoms with Crippen molar-refractivity contribution in [1.29, 1.82) is 0 Å². The van der Waals surface area contributed by atoms with Crippen LogP contribution in [-0.2, 0) is 20.7 Å². The average Bonchev–Trinajstić information content (AvgIpc) is 2.99. The molecule has 0 N–H and O–H groups in total. The predicted molar refractivity (Wildman–Crippen MR) is 72.9 cm³/mol. The molecule has 0 saturated heterocycles. The van der Waals surface area contributed by atoms with Crippen LogP contribution in [-0.4, -0.2) is 27.5 Å². The molecular formula is C13H20N2O3S. The third kappa shape index (κ3) is 3.29. The summed E-state index contributed by atoms with van der Waals surface area (Å²) in [5.74, 6) is 1.50. The molecule has 0 atom stereocenters. The number of ether oxygens (including phenoxy) is 1. The molecule has 106 valence electrons. The Morgan fingerprint density at radius 2 is 2.16 bits per heavy atom. The first-order chi connectivity index (χ1) is 8.87. The lowest BCUT2D eigenvalue weighted by atomic mass is 10.1. The van der Waals surface area contributed by atoms with Crippen LogP contribution in [0.15, 0.2) is 4.52 Å². The van der Waals surface area contributed by atoms with E-state index in [4.69, 9.17) is 9.26 Å². The van der Waals surface area contributed by atoms with Crippen molar-refractivity contribution >= 4 is 17.7 Å². The van der Waals surface area contributed by atoms with Gasteiger partial charge < -0.3 is 9.26 Å². The lowest BCUT2D eigenvalue weighted by Gasteiger charge is -2.15. The van der Waals surface area contributed by atoms with E-state index < -0.39 is 5.41 Å². The van der Waals surface area contributed by atoms with Crippen LogP contribution in [0.3, 0.4) is 0 Å². The van der Waals surface area contributed by atoms with Crippen molar-refractivity contribution in [3.8, 4) is 0 Å². The first-order valence-electron chi connectivity index (χ1n) is 6.52. The third-order valence-corrected chi connectivity index (χ3v) is 4.20. The zero-order valence-electron chi connectivity index (χ0n) is 11.9. The minimum absolute atomic E-state index is 0.152. The average molecular weight is 284 g/mol. The molecule has 5 nitrogen and oxygen atoms in total. The van der Waals surface area contributed by atoms with E-state index in [2.05, 4.69) is 30.9 Å². The van der Waals surface area contributed by atoms with E-state index in [1.165, 1.54) is 0 Å². The minimum atomic E-state index is -0.659. The topological polar surface area (TPSA) is 65.2 Å². The van der Waals surface area contributed by atoms with Crippen molar-refractivity contribution < 1.29 is 14.1 Å². The number of hydrogen-bond acceptors (Lipinski definition) is 6. The molecule has 2 rings (SSSR count). The van der Waals surface area contributed by atoms with Gasteiger partial charge in [0.15, 0.2) is 5.82 Å². The Morgan fingerprint density at radius 1 is 1.47 bits per heavy atom. The molecule has 0 aromatic carbocycles. The Morgan fingerprint density at radius 3 is 2.68 bits per heavy atom. The highest BCUT2D eigenvalue weighted by atomic mass is 32.2. The van der Waals surface area contributed by atoms with E-state index in [9.17, 15) is 4.79 Å². The monoisotopic (exact) mass is 284 g/mol. The van der Waals surface area contributed by atoms with Crippen molar-refractivity contribution in [3.63, 3.8) is 0 Å². The van der Waals surface area contributed by atoms with Gasteiger partial charge in [-0.05, 0) is 19.8 Å². The summed E-state index contributed by atoms with van der Waals surface area (Å²) < 4.78 is 10.5. The Hall–Kier alpha value is -1.04. The molecule has 1 aliphatic carbocycles. The molecule has 0 amide bonds. The molecule has 0 aliphatic heterocycles. The summed E-state index contributed by atoms with van der Waals surface area (Å²) in [7, 11) is 0. The fourth-order valence-electron chi connectivity index (χ4n) is 1.69. The van der Waals surface area contributed by atoms with Gasteiger partial charge in [-0.3, -0.25) is 4.79 Å². The molecule has 1 aromatic rings. The van der Waals surface area contributed by atoms with Gasteiger partial charge in [-0.15, -0.1) is 11.8 Å². The van der Waals surface area contributed by atoms with Gasteiger partial charge in [0.25, 0.3) is 0 Å². The first-order valence-corrected chi connectivity index (χ1v) is 7.50. The van der Waals surface area contributed by atoms with E-state index in [0.717, 1.165) is 12.8 Å². The van der Waals surface area contributed by atoms with Crippen LogP contribution < -0.4 is 0 Å². The SMILES string of the molecule is CCOC(=O)C1(c2nc(CSC(C)(C)C)no2)CC1. The highest BCUT2D eigenvalue weighted by molar-refractivity contribution is 7.99. The van der Waals surface area contributed by atoms with Crippen molar-refractivity contribution in [2.75, 3.05) is 6.61 Å². The number of rotatable bonds is 5. The highest BCUT2D eigenvalue weighted by Crippen LogP contribution is 2.48. The Balaban J connectivity index is 2.03. The molecule has 1 aromatic heterocycles. The first kappa shape index (κ1) is 14.4. The molecule has 0 spiro atoms. The molecule has 6 heteroatoms. The lowest BCUT2D eigenvalue weighted by Crippen LogP contribution is -2.23. The van der Waals surface area contributed by atoms with Crippen molar-refractivity contribution in [3.05, 3.63) is 11.7 Å². The summed E-state index contributed by atoms with van der Waals surface area (Å²) in [5, 5.41) is 3.95. The highest BCUT2D eigenvalue weighted by Gasteiger charge is 2.57. The molecular weight excluding hydrogens is 264 g/mol. The van der Waals surface area contributed by atoms with Gasteiger partial charge in [0, 0.05) is 4.75 Å². The maximum absolute atomic E-state index is 11.9. The third-order valence-electron chi connectivity index (χ3n) is 2.93. The fourth-order valence-corrected chi connectivity index (χ4v) is 2.37. The van der Waals surface area contributed by atoms with Crippen molar-refractivity contribution in [2.45, 2.75) is 56.5 Å². The lowest BCUT2D eigenvalue weighted by molar-refractivity contribution is -0.146. The van der Waals surface area contributed by atoms with E-state index in [0.29, 0.717) is 24.1 Å². The molecule has 1 aliphatic rings. The molecule has 0 bridgehead atoms. The van der Waals surface area contributed by atoms with Crippen molar-refractivity contribution in [1.82, 2.24) is 10.1 Å². The van der Waals surface area contributed by atoms with Crippen molar-refractivity contribution in [2.24, 2.45) is 0 Å². The van der Waals surface area contributed by atoms with Crippen LogP contribution >= 0.6 is 11.8 Å². The van der Waals surface area contributed by atoms with Crippen LogP contribution in [0.25, 0.3) is 0 Å². The second-order valence-electron chi connectivity index (χ2n) is 5.72. The van der Waals surface area contributed by atoms with E-state index in [1.807, 2.05) is 0 Å². The Labute approximate surface area is 117 Å². The number of nitrogens with zero attached hydrogens (tertiary/aromatic N) is 2. The number of esters is 1. The van der Waals surface area contributed by atoms with Gasteiger partial charge in [0.05, 0.1) is 12.4 Å². The standard InChI is InChI=1S/C13H20N2O3S/c1-5-17-11(16)13(6-7-13)10-14-9(15-18-10)8-19-12(2,3)4/h5-8H2,1-4H3. The van der Waals surface area contributed by atoms with Gasteiger partial charge in [0.2, 0.25) is 5.89 Å². The van der Waals surface area contributed by atoms with Gasteiger partial charge in [0.1, 0.15) is 5.41 Å². The van der Waals surface area contributed by atoms with E-state index >= 15 is 0 Å². The van der Waals surface area contributed by atoms with Crippen LogP contribution in [0.4, 0.5) is 0 Å². The van der Waals surface area contributed by atoms with Gasteiger partial charge >= 0.3 is 5.97 Å². The summed E-state index contributed by atoms with van der Waals surface area (Å²) >= 11 is 1.75. The molecule has 1 fully saturated rings. The van der Waals surface area contributed by atoms with Crippen LogP contribution in [0.5, 0.6) is 0 Å². The molecule has 0 unspecified atom stereocenters. The smallest absolute Gasteiger partial charge is 0.321 e. The maximum atomic E-state index is 11.9. The van der Waals surface area contributed by atoms with Gasteiger partial charge in [-0.1, -0.05) is 25.9 Å². The van der Waals surface area contributed by atoms with Gasteiger partial charge in [-0.25, -0.2) is 0 Å². The Bertz CT molecular complexity index is 461. The fraction of sp³-hybridized carbons (Fsp3) is 0.769. The molecule has 1 heterocycles. The number of hydrogen-bond donors (Lipinski definition) is 0. The van der Waals surface area contributed by atoms with E-state index in [1.54, 1.807) is 18.7 Å². The van der Waals surface area contributed by atoms with Gasteiger partial charge in [-0.2, -0.15) is 4.98 Å². The quantitative estimate of drug-likeness (QED) is 0.775. The number of carbonyl (C=O) groups is 1. The minimum Gasteiger partial charge on any atom is -0.465 e. The predicted octanol–water partition coefficient (Wildman–Crippen LogP) is 2.70. The van der Waals surface area contributed by atoms with Crippen LogP contribution in [0, 0.1) is 0 Å². The molecule has 0 radical (unpaired) electrons. The number of carbonyl (C=O) groups excluding carboxylic acids is 1.